The highest BCUT2D eigenvalue weighted by molar-refractivity contribution is 5.66. The second-order valence-electron chi connectivity index (χ2n) is 5.72. The van der Waals surface area contributed by atoms with E-state index >= 15 is 0 Å². The fraction of sp³-hybridized carbons (Fsp3) is 0.737. The van der Waals surface area contributed by atoms with Crippen LogP contribution < -0.4 is 0 Å². The molecule has 2 heteroatoms. The lowest BCUT2D eigenvalue weighted by molar-refractivity contribution is -0.137. The monoisotopic (exact) mass is 294 g/mol. The molecular weight excluding hydrogens is 260 g/mol. The minimum atomic E-state index is -0.698. The standard InChI is InChI=1S/C19H34O2/c1-2-3-4-5-6-7-8-9-10-11-12-13-14-15-16-17-18-19(20)21/h10-11,14-15H,2-9,12-13,16-18H2,1H3,(H,20,21). The Bertz CT molecular complexity index is 279. The molecule has 0 spiro atoms. The van der Waals surface area contributed by atoms with Crippen molar-refractivity contribution in [2.75, 3.05) is 0 Å². The molecule has 0 aliphatic heterocycles. The van der Waals surface area contributed by atoms with Crippen LogP contribution in [0.5, 0.6) is 0 Å². The molecule has 2 nitrogen and oxygen atoms in total. The molecule has 0 aromatic rings. The quantitative estimate of drug-likeness (QED) is 0.285. The van der Waals surface area contributed by atoms with E-state index in [1.807, 2.05) is 0 Å². The number of hydrogen-bond donors (Lipinski definition) is 1. The lowest BCUT2D eigenvalue weighted by Crippen LogP contribution is -1.92. The van der Waals surface area contributed by atoms with Gasteiger partial charge in [-0.3, -0.25) is 4.79 Å². The second kappa shape index (κ2) is 17.0. The van der Waals surface area contributed by atoms with E-state index in [0.717, 1.165) is 25.7 Å². The van der Waals surface area contributed by atoms with E-state index in [-0.39, 0.29) is 6.42 Å². The van der Waals surface area contributed by atoms with Gasteiger partial charge in [0.1, 0.15) is 0 Å². The van der Waals surface area contributed by atoms with Crippen molar-refractivity contribution in [3.05, 3.63) is 24.3 Å². The molecule has 0 aromatic heterocycles. The Morgan fingerprint density at radius 1 is 0.714 bits per heavy atom. The summed E-state index contributed by atoms with van der Waals surface area (Å²) >= 11 is 0. The molecule has 0 rings (SSSR count). The first-order chi connectivity index (χ1) is 10.3. The molecule has 21 heavy (non-hydrogen) atoms. The van der Waals surface area contributed by atoms with Gasteiger partial charge in [0.15, 0.2) is 0 Å². The fourth-order valence-electron chi connectivity index (χ4n) is 2.25. The van der Waals surface area contributed by atoms with Crippen molar-refractivity contribution >= 4 is 5.97 Å². The maximum Gasteiger partial charge on any atom is 0.303 e. The van der Waals surface area contributed by atoms with E-state index in [9.17, 15) is 4.79 Å². The van der Waals surface area contributed by atoms with Gasteiger partial charge in [0.2, 0.25) is 0 Å². The van der Waals surface area contributed by atoms with Gasteiger partial charge < -0.3 is 5.11 Å². The molecule has 0 heterocycles. The maximum absolute atomic E-state index is 10.3. The Morgan fingerprint density at radius 2 is 1.19 bits per heavy atom. The number of carboxylic acids is 1. The SMILES string of the molecule is CCCCCCCCCC=CCCC=CCCCC(=O)O. The average molecular weight is 294 g/mol. The van der Waals surface area contributed by atoms with E-state index in [1.54, 1.807) is 0 Å². The first-order valence-electron chi connectivity index (χ1n) is 8.79. The zero-order valence-corrected chi connectivity index (χ0v) is 13.9. The van der Waals surface area contributed by atoms with Crippen LogP contribution in [0.15, 0.2) is 24.3 Å². The van der Waals surface area contributed by atoms with Crippen LogP contribution in [0.4, 0.5) is 0 Å². The Morgan fingerprint density at radius 3 is 1.76 bits per heavy atom. The summed E-state index contributed by atoms with van der Waals surface area (Å²) in [5.41, 5.74) is 0. The van der Waals surface area contributed by atoms with Crippen LogP contribution in [0.25, 0.3) is 0 Å². The third-order valence-corrected chi connectivity index (χ3v) is 3.57. The summed E-state index contributed by atoms with van der Waals surface area (Å²) in [7, 11) is 0. The third-order valence-electron chi connectivity index (χ3n) is 3.57. The van der Waals surface area contributed by atoms with Crippen molar-refractivity contribution in [1.29, 1.82) is 0 Å². The maximum atomic E-state index is 10.3. The predicted octanol–water partition coefficient (Wildman–Crippen LogP) is 6.27. The Hall–Kier alpha value is -1.05. The molecule has 1 N–H and O–H groups in total. The van der Waals surface area contributed by atoms with Crippen molar-refractivity contribution in [3.63, 3.8) is 0 Å². The van der Waals surface area contributed by atoms with E-state index in [2.05, 4.69) is 31.2 Å². The summed E-state index contributed by atoms with van der Waals surface area (Å²) in [6.45, 7) is 2.26. The van der Waals surface area contributed by atoms with Crippen LogP contribution in [0.1, 0.15) is 90.4 Å². The highest BCUT2D eigenvalue weighted by Gasteiger charge is 1.93. The van der Waals surface area contributed by atoms with Crippen molar-refractivity contribution < 1.29 is 9.90 Å². The molecule has 0 unspecified atom stereocenters. The number of allylic oxidation sites excluding steroid dienone is 4. The van der Waals surface area contributed by atoms with Crippen LogP contribution in [-0.4, -0.2) is 11.1 Å². The first kappa shape index (κ1) is 19.9. The van der Waals surface area contributed by atoms with Crippen LogP contribution in [0, 0.1) is 0 Å². The van der Waals surface area contributed by atoms with Gasteiger partial charge in [-0.1, -0.05) is 69.8 Å². The summed E-state index contributed by atoms with van der Waals surface area (Å²) in [5, 5.41) is 8.50. The minimum absolute atomic E-state index is 0.280. The molecule has 0 saturated carbocycles. The summed E-state index contributed by atoms with van der Waals surface area (Å²) in [4.78, 5) is 10.3. The van der Waals surface area contributed by atoms with E-state index < -0.39 is 5.97 Å². The number of aliphatic carboxylic acids is 1. The molecule has 0 bridgehead atoms. The van der Waals surface area contributed by atoms with Gasteiger partial charge >= 0.3 is 5.97 Å². The van der Waals surface area contributed by atoms with E-state index in [4.69, 9.17) is 5.11 Å². The molecule has 0 fully saturated rings. The van der Waals surface area contributed by atoms with Crippen molar-refractivity contribution in [3.8, 4) is 0 Å². The molecule has 122 valence electrons. The van der Waals surface area contributed by atoms with Crippen LogP contribution in [-0.2, 0) is 4.79 Å². The minimum Gasteiger partial charge on any atom is -0.481 e. The lowest BCUT2D eigenvalue weighted by Gasteiger charge is -1.98. The van der Waals surface area contributed by atoms with Crippen LogP contribution in [0.2, 0.25) is 0 Å². The van der Waals surface area contributed by atoms with Crippen molar-refractivity contribution in [2.24, 2.45) is 0 Å². The number of carbonyl (C=O) groups is 1. The zero-order chi connectivity index (χ0) is 15.6. The highest BCUT2D eigenvalue weighted by Crippen LogP contribution is 2.09. The average Bonchev–Trinajstić information content (AvgIpc) is 2.46. The zero-order valence-electron chi connectivity index (χ0n) is 13.9. The molecule has 0 saturated heterocycles. The normalized spacial score (nSPS) is 11.7. The van der Waals surface area contributed by atoms with Crippen LogP contribution in [0.3, 0.4) is 0 Å². The Labute approximate surface area is 131 Å². The molecule has 0 aliphatic rings. The van der Waals surface area contributed by atoms with Crippen molar-refractivity contribution in [2.45, 2.75) is 90.4 Å². The van der Waals surface area contributed by atoms with Gasteiger partial charge in [-0.05, 0) is 38.5 Å². The highest BCUT2D eigenvalue weighted by atomic mass is 16.4. The smallest absolute Gasteiger partial charge is 0.303 e. The van der Waals surface area contributed by atoms with Crippen molar-refractivity contribution in [1.82, 2.24) is 0 Å². The number of carboxylic acid groups (broad SMARTS) is 1. The number of rotatable bonds is 15. The van der Waals surface area contributed by atoms with Gasteiger partial charge in [0.05, 0.1) is 0 Å². The fourth-order valence-corrected chi connectivity index (χ4v) is 2.25. The number of unbranched alkanes of at least 4 members (excludes halogenated alkanes) is 9. The topological polar surface area (TPSA) is 37.3 Å². The van der Waals surface area contributed by atoms with Gasteiger partial charge in [0, 0.05) is 6.42 Å². The van der Waals surface area contributed by atoms with Gasteiger partial charge in [0.25, 0.3) is 0 Å². The van der Waals surface area contributed by atoms with Crippen LogP contribution >= 0.6 is 0 Å². The van der Waals surface area contributed by atoms with Gasteiger partial charge in [-0.2, -0.15) is 0 Å². The molecular formula is C19H34O2. The summed E-state index contributed by atoms with van der Waals surface area (Å²) in [5.74, 6) is -0.698. The van der Waals surface area contributed by atoms with E-state index in [0.29, 0.717) is 0 Å². The molecule has 0 aliphatic carbocycles. The largest absolute Gasteiger partial charge is 0.481 e. The Balaban J connectivity index is 3.18. The molecule has 0 radical (unpaired) electrons. The summed E-state index contributed by atoms with van der Waals surface area (Å²) in [6.07, 6.45) is 23.8. The third kappa shape index (κ3) is 18.9. The van der Waals surface area contributed by atoms with E-state index in [1.165, 1.54) is 51.4 Å². The summed E-state index contributed by atoms with van der Waals surface area (Å²) in [6, 6.07) is 0. The molecule has 0 amide bonds. The van der Waals surface area contributed by atoms with Gasteiger partial charge in [-0.25, -0.2) is 0 Å². The lowest BCUT2D eigenvalue weighted by atomic mass is 10.1. The first-order valence-corrected chi connectivity index (χ1v) is 8.79. The second-order valence-corrected chi connectivity index (χ2v) is 5.72. The molecule has 0 aromatic carbocycles. The molecule has 0 atom stereocenters. The summed E-state index contributed by atoms with van der Waals surface area (Å²) < 4.78 is 0. The Kier molecular flexibility index (Phi) is 16.2. The van der Waals surface area contributed by atoms with Gasteiger partial charge in [-0.15, -0.1) is 0 Å². The predicted molar refractivity (Wildman–Crippen MR) is 91.6 cm³/mol. The number of hydrogen-bond acceptors (Lipinski definition) is 1.